The van der Waals surface area contributed by atoms with Crippen molar-refractivity contribution < 1.29 is 31.4 Å². The van der Waals surface area contributed by atoms with Crippen molar-refractivity contribution in [3.05, 3.63) is 34.9 Å². The normalized spacial score (nSPS) is 19.8. The summed E-state index contributed by atoms with van der Waals surface area (Å²) in [5.41, 5.74) is 2.39. The topological polar surface area (TPSA) is 46.2 Å². The van der Waals surface area contributed by atoms with Crippen LogP contribution in [0.1, 0.15) is 48.4 Å². The highest BCUT2D eigenvalue weighted by Gasteiger charge is 2.40. The molecule has 2 nitrogen and oxygen atoms in total. The Morgan fingerprint density at radius 1 is 1.00 bits per heavy atom. The summed E-state index contributed by atoms with van der Waals surface area (Å²) in [4.78, 5) is 0. The van der Waals surface area contributed by atoms with E-state index in [4.69, 9.17) is 5.73 Å². The maximum atomic E-state index is 13.1. The summed E-state index contributed by atoms with van der Waals surface area (Å²) >= 11 is 0. The van der Waals surface area contributed by atoms with Gasteiger partial charge in [0.25, 0.3) is 0 Å². The third-order valence-electron chi connectivity index (χ3n) is 4.30. The molecule has 3 N–H and O–H groups in total. The van der Waals surface area contributed by atoms with Gasteiger partial charge in [0.05, 0.1) is 23.3 Å². The summed E-state index contributed by atoms with van der Waals surface area (Å²) in [6, 6.07) is -0.0476. The Morgan fingerprint density at radius 2 is 1.57 bits per heavy atom. The molecule has 1 saturated carbocycles. The molecule has 0 aliphatic heterocycles. The standard InChI is InChI=1S/C15H17F6NO/c16-14(17,18)9-5-6-10(11(7-9)15(19,20)21)12(22)13(23)8-3-1-2-4-8/h5-8,12-13,23H,1-4,22H2/t12-,13+/m1/s1. The zero-order chi connectivity index (χ0) is 17.4. The molecule has 1 aromatic carbocycles. The second-order valence-corrected chi connectivity index (χ2v) is 5.86. The Morgan fingerprint density at radius 3 is 2.04 bits per heavy atom. The smallest absolute Gasteiger partial charge is 0.391 e. The summed E-state index contributed by atoms with van der Waals surface area (Å²) in [6.45, 7) is 0. The number of hydrogen-bond donors (Lipinski definition) is 2. The third kappa shape index (κ3) is 3.98. The van der Waals surface area contributed by atoms with Crippen LogP contribution in [0.25, 0.3) is 0 Å². The van der Waals surface area contributed by atoms with Crippen LogP contribution in [0, 0.1) is 5.92 Å². The molecule has 0 saturated heterocycles. The minimum atomic E-state index is -4.98. The van der Waals surface area contributed by atoms with Crippen molar-refractivity contribution in [2.75, 3.05) is 0 Å². The lowest BCUT2D eigenvalue weighted by Gasteiger charge is -2.27. The van der Waals surface area contributed by atoms with Crippen LogP contribution in [0.4, 0.5) is 26.3 Å². The van der Waals surface area contributed by atoms with Crippen LogP contribution < -0.4 is 5.73 Å². The average molecular weight is 341 g/mol. The highest BCUT2D eigenvalue weighted by atomic mass is 19.4. The van der Waals surface area contributed by atoms with Crippen LogP contribution in [0.15, 0.2) is 18.2 Å². The van der Waals surface area contributed by atoms with Gasteiger partial charge in [-0.25, -0.2) is 0 Å². The molecule has 0 radical (unpaired) electrons. The Bertz CT molecular complexity index is 548. The maximum Gasteiger partial charge on any atom is 0.416 e. The lowest BCUT2D eigenvalue weighted by atomic mass is 9.88. The van der Waals surface area contributed by atoms with Crippen LogP contribution in [0.3, 0.4) is 0 Å². The number of halogens is 6. The van der Waals surface area contributed by atoms with Crippen LogP contribution >= 0.6 is 0 Å². The summed E-state index contributed by atoms with van der Waals surface area (Å²) in [7, 11) is 0. The van der Waals surface area contributed by atoms with Gasteiger partial charge in [-0.3, -0.25) is 0 Å². The zero-order valence-electron chi connectivity index (χ0n) is 12.1. The van der Waals surface area contributed by atoms with Crippen molar-refractivity contribution >= 4 is 0 Å². The van der Waals surface area contributed by atoms with Gasteiger partial charge in [-0.1, -0.05) is 18.9 Å². The van der Waals surface area contributed by atoms with Crippen molar-refractivity contribution in [3.8, 4) is 0 Å². The number of benzene rings is 1. The van der Waals surface area contributed by atoms with E-state index in [1.807, 2.05) is 0 Å². The third-order valence-corrected chi connectivity index (χ3v) is 4.30. The number of alkyl halides is 6. The van der Waals surface area contributed by atoms with Gasteiger partial charge in [-0.2, -0.15) is 26.3 Å². The van der Waals surface area contributed by atoms with E-state index in [0.29, 0.717) is 25.0 Å². The molecule has 23 heavy (non-hydrogen) atoms. The molecule has 0 amide bonds. The maximum absolute atomic E-state index is 13.1. The van der Waals surface area contributed by atoms with Crippen molar-refractivity contribution in [1.29, 1.82) is 0 Å². The van der Waals surface area contributed by atoms with E-state index >= 15 is 0 Å². The van der Waals surface area contributed by atoms with Gasteiger partial charge in [0.15, 0.2) is 0 Å². The molecule has 0 bridgehead atoms. The highest BCUT2D eigenvalue weighted by Crippen LogP contribution is 2.41. The molecule has 0 spiro atoms. The van der Waals surface area contributed by atoms with Crippen molar-refractivity contribution in [1.82, 2.24) is 0 Å². The highest BCUT2D eigenvalue weighted by molar-refractivity contribution is 5.38. The number of aliphatic hydroxyl groups is 1. The predicted molar refractivity (Wildman–Crippen MR) is 71.3 cm³/mol. The van der Waals surface area contributed by atoms with E-state index in [9.17, 15) is 31.4 Å². The van der Waals surface area contributed by atoms with Gasteiger partial charge in [-0.15, -0.1) is 0 Å². The predicted octanol–water partition coefficient (Wildman–Crippen LogP) is 4.28. The van der Waals surface area contributed by atoms with E-state index in [1.165, 1.54) is 0 Å². The first-order valence-corrected chi connectivity index (χ1v) is 7.24. The summed E-state index contributed by atoms with van der Waals surface area (Å²) in [5.74, 6) is -0.228. The molecule has 1 aliphatic carbocycles. The molecule has 1 aromatic rings. The Labute approximate surface area is 129 Å². The second-order valence-electron chi connectivity index (χ2n) is 5.86. The van der Waals surface area contributed by atoms with Crippen LogP contribution in [0.5, 0.6) is 0 Å². The molecule has 130 valence electrons. The van der Waals surface area contributed by atoms with Gasteiger partial charge in [-0.05, 0) is 36.5 Å². The van der Waals surface area contributed by atoms with Crippen LogP contribution in [-0.2, 0) is 12.4 Å². The van der Waals surface area contributed by atoms with Gasteiger partial charge in [0, 0.05) is 0 Å². The first-order chi connectivity index (χ1) is 10.5. The molecule has 0 heterocycles. The summed E-state index contributed by atoms with van der Waals surface area (Å²) in [6.07, 6.45) is -8.07. The van der Waals surface area contributed by atoms with E-state index in [0.717, 1.165) is 12.8 Å². The Kier molecular flexibility index (Phi) is 4.96. The second kappa shape index (κ2) is 6.32. The molecule has 1 aliphatic rings. The monoisotopic (exact) mass is 341 g/mol. The van der Waals surface area contributed by atoms with Crippen molar-refractivity contribution in [3.63, 3.8) is 0 Å². The molecule has 2 rings (SSSR count). The Hall–Kier alpha value is -1.28. The molecule has 1 fully saturated rings. The molecule has 8 heteroatoms. The van der Waals surface area contributed by atoms with Crippen LogP contribution in [0.2, 0.25) is 0 Å². The fourth-order valence-electron chi connectivity index (χ4n) is 3.04. The number of hydrogen-bond acceptors (Lipinski definition) is 2. The van der Waals surface area contributed by atoms with Gasteiger partial charge in [0.2, 0.25) is 0 Å². The van der Waals surface area contributed by atoms with E-state index in [1.54, 1.807) is 0 Å². The molecule has 2 atom stereocenters. The zero-order valence-corrected chi connectivity index (χ0v) is 12.1. The number of nitrogens with two attached hydrogens (primary N) is 1. The van der Waals surface area contributed by atoms with Gasteiger partial charge >= 0.3 is 12.4 Å². The quantitative estimate of drug-likeness (QED) is 0.807. The molecule has 0 unspecified atom stereocenters. The van der Waals surface area contributed by atoms with Gasteiger partial charge in [0.1, 0.15) is 0 Å². The fraction of sp³-hybridized carbons (Fsp3) is 0.600. The molecular formula is C15H17F6NO. The van der Waals surface area contributed by atoms with E-state index < -0.39 is 41.2 Å². The first kappa shape index (κ1) is 18.1. The summed E-state index contributed by atoms with van der Waals surface area (Å²) < 4.78 is 77.3. The first-order valence-electron chi connectivity index (χ1n) is 7.24. The lowest BCUT2D eigenvalue weighted by molar-refractivity contribution is -0.143. The van der Waals surface area contributed by atoms with Crippen molar-refractivity contribution in [2.24, 2.45) is 11.7 Å². The van der Waals surface area contributed by atoms with E-state index in [-0.39, 0.29) is 12.0 Å². The Balaban J connectivity index is 2.40. The minimum absolute atomic E-state index is 0.0521. The van der Waals surface area contributed by atoms with E-state index in [2.05, 4.69) is 0 Å². The summed E-state index contributed by atoms with van der Waals surface area (Å²) in [5, 5.41) is 10.2. The SMILES string of the molecule is N[C@H](c1ccc(C(F)(F)F)cc1C(F)(F)F)[C@@H](O)C1CCCC1. The lowest BCUT2D eigenvalue weighted by Crippen LogP contribution is -2.33. The van der Waals surface area contributed by atoms with Crippen molar-refractivity contribution in [2.45, 2.75) is 50.2 Å². The average Bonchev–Trinajstić information content (AvgIpc) is 2.97. The minimum Gasteiger partial charge on any atom is -0.391 e. The number of aliphatic hydroxyl groups excluding tert-OH is 1. The molecular weight excluding hydrogens is 324 g/mol. The fourth-order valence-corrected chi connectivity index (χ4v) is 3.04. The van der Waals surface area contributed by atoms with Gasteiger partial charge < -0.3 is 10.8 Å². The largest absolute Gasteiger partial charge is 0.416 e. The molecule has 0 aromatic heterocycles. The number of rotatable bonds is 3. The van der Waals surface area contributed by atoms with Crippen LogP contribution in [-0.4, -0.2) is 11.2 Å².